The number of halogens is 1. The summed E-state index contributed by atoms with van der Waals surface area (Å²) in [5.41, 5.74) is 2.22. The average molecular weight is 487 g/mol. The SMILES string of the molecule is Cc1ccc(CN(C(=O)CCCSc2ccc(Cl)cc2)[C@H](C)C(=O)NC2CCCCC2)cc1. The highest BCUT2D eigenvalue weighted by Crippen LogP contribution is 2.22. The highest BCUT2D eigenvalue weighted by Gasteiger charge is 2.27. The van der Waals surface area contributed by atoms with Crippen LogP contribution in [0.2, 0.25) is 5.02 Å². The molecule has 1 saturated carbocycles. The van der Waals surface area contributed by atoms with Crippen LogP contribution in [-0.2, 0) is 16.1 Å². The number of aryl methyl sites for hydroxylation is 1. The van der Waals surface area contributed by atoms with Crippen molar-refractivity contribution in [3.8, 4) is 0 Å². The number of nitrogens with zero attached hydrogens (tertiary/aromatic N) is 1. The maximum absolute atomic E-state index is 13.2. The van der Waals surface area contributed by atoms with E-state index in [4.69, 9.17) is 11.6 Å². The van der Waals surface area contributed by atoms with Crippen molar-refractivity contribution >= 4 is 35.2 Å². The topological polar surface area (TPSA) is 49.4 Å². The summed E-state index contributed by atoms with van der Waals surface area (Å²) in [6, 6.07) is 15.7. The molecular formula is C27H35ClN2O2S. The van der Waals surface area contributed by atoms with E-state index in [1.54, 1.807) is 16.7 Å². The van der Waals surface area contributed by atoms with Gasteiger partial charge in [-0.25, -0.2) is 0 Å². The maximum Gasteiger partial charge on any atom is 0.242 e. The zero-order valence-electron chi connectivity index (χ0n) is 19.7. The van der Waals surface area contributed by atoms with Gasteiger partial charge in [-0.2, -0.15) is 0 Å². The summed E-state index contributed by atoms with van der Waals surface area (Å²) in [6.45, 7) is 4.35. The molecule has 0 unspecified atom stereocenters. The Labute approximate surface area is 207 Å². The monoisotopic (exact) mass is 486 g/mol. The number of hydrogen-bond acceptors (Lipinski definition) is 3. The number of amides is 2. The summed E-state index contributed by atoms with van der Waals surface area (Å²) in [6.07, 6.45) is 6.82. The normalized spacial score (nSPS) is 15.1. The van der Waals surface area contributed by atoms with Gasteiger partial charge in [0.05, 0.1) is 0 Å². The molecule has 0 saturated heterocycles. The highest BCUT2D eigenvalue weighted by atomic mass is 35.5. The van der Waals surface area contributed by atoms with Crippen LogP contribution in [0.5, 0.6) is 0 Å². The predicted molar refractivity (Wildman–Crippen MR) is 138 cm³/mol. The second kappa shape index (κ2) is 13.0. The highest BCUT2D eigenvalue weighted by molar-refractivity contribution is 7.99. The van der Waals surface area contributed by atoms with Gasteiger partial charge in [-0.1, -0.05) is 60.7 Å². The van der Waals surface area contributed by atoms with Crippen molar-refractivity contribution in [3.05, 3.63) is 64.7 Å². The van der Waals surface area contributed by atoms with E-state index in [-0.39, 0.29) is 17.9 Å². The molecule has 0 heterocycles. The van der Waals surface area contributed by atoms with Crippen LogP contribution in [0.15, 0.2) is 53.4 Å². The number of rotatable bonds is 10. The van der Waals surface area contributed by atoms with Crippen molar-refractivity contribution in [1.82, 2.24) is 10.2 Å². The minimum absolute atomic E-state index is 0.0265. The van der Waals surface area contributed by atoms with Crippen LogP contribution in [0.1, 0.15) is 63.0 Å². The van der Waals surface area contributed by atoms with Crippen LogP contribution in [-0.4, -0.2) is 34.6 Å². The lowest BCUT2D eigenvalue weighted by Gasteiger charge is -2.31. The lowest BCUT2D eigenvalue weighted by molar-refractivity contribution is -0.141. The molecule has 1 atom stereocenters. The molecule has 0 aromatic heterocycles. The Morgan fingerprint density at radius 2 is 1.73 bits per heavy atom. The molecule has 0 aliphatic heterocycles. The largest absolute Gasteiger partial charge is 0.352 e. The Hall–Kier alpha value is -1.98. The molecule has 1 N–H and O–H groups in total. The Balaban J connectivity index is 1.59. The molecule has 1 aliphatic carbocycles. The fourth-order valence-electron chi connectivity index (χ4n) is 4.13. The van der Waals surface area contributed by atoms with E-state index < -0.39 is 6.04 Å². The van der Waals surface area contributed by atoms with Crippen LogP contribution in [0.4, 0.5) is 0 Å². The first-order valence-corrected chi connectivity index (χ1v) is 13.3. The first-order valence-electron chi connectivity index (χ1n) is 12.0. The summed E-state index contributed by atoms with van der Waals surface area (Å²) in [4.78, 5) is 29.1. The Kier molecular flexibility index (Phi) is 10.1. The first-order chi connectivity index (χ1) is 15.9. The van der Waals surface area contributed by atoms with Crippen LogP contribution in [0, 0.1) is 6.92 Å². The molecule has 1 fully saturated rings. The second-order valence-electron chi connectivity index (χ2n) is 8.93. The number of carbonyl (C=O) groups is 2. The van der Waals surface area contributed by atoms with Gasteiger partial charge >= 0.3 is 0 Å². The minimum atomic E-state index is -0.496. The van der Waals surface area contributed by atoms with Gasteiger partial charge in [0.25, 0.3) is 0 Å². The Morgan fingerprint density at radius 1 is 1.06 bits per heavy atom. The summed E-state index contributed by atoms with van der Waals surface area (Å²) >= 11 is 7.67. The number of benzene rings is 2. The molecule has 3 rings (SSSR count). The number of carbonyl (C=O) groups excluding carboxylic acids is 2. The molecule has 0 bridgehead atoms. The lowest BCUT2D eigenvalue weighted by atomic mass is 9.95. The molecule has 33 heavy (non-hydrogen) atoms. The molecular weight excluding hydrogens is 452 g/mol. The van der Waals surface area contributed by atoms with Crippen molar-refractivity contribution in [3.63, 3.8) is 0 Å². The zero-order valence-corrected chi connectivity index (χ0v) is 21.3. The van der Waals surface area contributed by atoms with E-state index in [1.807, 2.05) is 62.4 Å². The summed E-state index contributed by atoms with van der Waals surface area (Å²) in [5.74, 6) is 0.825. The van der Waals surface area contributed by atoms with E-state index in [0.717, 1.165) is 53.3 Å². The Bertz CT molecular complexity index is 895. The smallest absolute Gasteiger partial charge is 0.242 e. The Morgan fingerprint density at radius 3 is 2.39 bits per heavy atom. The number of nitrogens with one attached hydrogen (secondary N) is 1. The molecule has 2 amide bonds. The first kappa shape index (κ1) is 25.6. The molecule has 4 nitrogen and oxygen atoms in total. The van der Waals surface area contributed by atoms with Crippen LogP contribution < -0.4 is 5.32 Å². The van der Waals surface area contributed by atoms with Crippen LogP contribution >= 0.6 is 23.4 Å². The van der Waals surface area contributed by atoms with Crippen molar-refractivity contribution in [2.75, 3.05) is 5.75 Å². The van der Waals surface area contributed by atoms with Gasteiger partial charge in [-0.3, -0.25) is 9.59 Å². The molecule has 6 heteroatoms. The number of hydrogen-bond donors (Lipinski definition) is 1. The quantitative estimate of drug-likeness (QED) is 0.313. The van der Waals surface area contributed by atoms with Crippen molar-refractivity contribution in [2.24, 2.45) is 0 Å². The number of thioether (sulfide) groups is 1. The minimum Gasteiger partial charge on any atom is -0.352 e. The van der Waals surface area contributed by atoms with Crippen molar-refractivity contribution < 1.29 is 9.59 Å². The fraction of sp³-hybridized carbons (Fsp3) is 0.481. The third-order valence-corrected chi connectivity index (χ3v) is 7.56. The fourth-order valence-corrected chi connectivity index (χ4v) is 5.11. The summed E-state index contributed by atoms with van der Waals surface area (Å²) in [7, 11) is 0. The van der Waals surface area contributed by atoms with E-state index in [9.17, 15) is 9.59 Å². The van der Waals surface area contributed by atoms with E-state index in [1.165, 1.54) is 12.0 Å². The predicted octanol–water partition coefficient (Wildman–Crippen LogP) is 6.39. The van der Waals surface area contributed by atoms with Gasteiger partial charge in [0.2, 0.25) is 11.8 Å². The molecule has 2 aromatic carbocycles. The zero-order chi connectivity index (χ0) is 23.6. The third kappa shape index (κ3) is 8.38. The van der Waals surface area contributed by atoms with Gasteiger partial charge in [-0.15, -0.1) is 11.8 Å². The third-order valence-electron chi connectivity index (χ3n) is 6.21. The van der Waals surface area contributed by atoms with Crippen molar-refractivity contribution in [1.29, 1.82) is 0 Å². The maximum atomic E-state index is 13.2. The van der Waals surface area contributed by atoms with Gasteiger partial charge in [0, 0.05) is 28.9 Å². The van der Waals surface area contributed by atoms with Gasteiger partial charge < -0.3 is 10.2 Å². The average Bonchev–Trinajstić information content (AvgIpc) is 2.82. The van der Waals surface area contributed by atoms with E-state index in [2.05, 4.69) is 5.32 Å². The van der Waals surface area contributed by atoms with E-state index in [0.29, 0.717) is 13.0 Å². The van der Waals surface area contributed by atoms with Gasteiger partial charge in [-0.05, 0) is 68.7 Å². The van der Waals surface area contributed by atoms with Crippen LogP contribution in [0.25, 0.3) is 0 Å². The van der Waals surface area contributed by atoms with Gasteiger partial charge in [0.15, 0.2) is 0 Å². The standard InChI is InChI=1S/C27H35ClN2O2S/c1-20-10-12-22(13-11-20)19-30(21(2)27(32)29-24-7-4-3-5-8-24)26(31)9-6-18-33-25-16-14-23(28)15-17-25/h10-17,21,24H,3-9,18-19H2,1-2H3,(H,29,32)/t21-/m1/s1. The second-order valence-corrected chi connectivity index (χ2v) is 10.5. The van der Waals surface area contributed by atoms with Crippen molar-refractivity contribution in [2.45, 2.75) is 82.3 Å². The molecule has 2 aromatic rings. The summed E-state index contributed by atoms with van der Waals surface area (Å²) < 4.78 is 0. The molecule has 0 radical (unpaired) electrons. The molecule has 178 valence electrons. The molecule has 1 aliphatic rings. The lowest BCUT2D eigenvalue weighted by Crippen LogP contribution is -2.50. The van der Waals surface area contributed by atoms with E-state index >= 15 is 0 Å². The van der Waals surface area contributed by atoms with Gasteiger partial charge in [0.1, 0.15) is 6.04 Å². The molecule has 0 spiro atoms. The summed E-state index contributed by atoms with van der Waals surface area (Å²) in [5, 5.41) is 3.92. The van der Waals surface area contributed by atoms with Crippen LogP contribution in [0.3, 0.4) is 0 Å².